The van der Waals surface area contributed by atoms with E-state index < -0.39 is 0 Å². The minimum absolute atomic E-state index is 0.209. The van der Waals surface area contributed by atoms with Crippen molar-refractivity contribution in [3.05, 3.63) is 47.5 Å². The molecule has 0 spiro atoms. The van der Waals surface area contributed by atoms with Gasteiger partial charge in [-0.15, -0.1) is 0 Å². The molecule has 0 saturated heterocycles. The Hall–Kier alpha value is -1.84. The van der Waals surface area contributed by atoms with Gasteiger partial charge in [0.15, 0.2) is 0 Å². The van der Waals surface area contributed by atoms with Crippen molar-refractivity contribution in [2.24, 2.45) is 0 Å². The molecule has 0 unspecified atom stereocenters. The zero-order valence-electron chi connectivity index (χ0n) is 10.8. The van der Waals surface area contributed by atoms with Crippen molar-refractivity contribution in [2.45, 2.75) is 33.4 Å². The number of halogens is 1. The van der Waals surface area contributed by atoms with Crippen LogP contribution in [-0.4, -0.2) is 9.78 Å². The fourth-order valence-corrected chi connectivity index (χ4v) is 1.89. The first-order valence-corrected chi connectivity index (χ1v) is 6.20. The first-order valence-electron chi connectivity index (χ1n) is 6.20. The summed E-state index contributed by atoms with van der Waals surface area (Å²) in [7, 11) is 0. The number of aromatic nitrogens is 2. The molecule has 1 heterocycles. The van der Waals surface area contributed by atoms with Gasteiger partial charge in [0.25, 0.3) is 0 Å². The van der Waals surface area contributed by atoms with Crippen molar-refractivity contribution < 1.29 is 4.39 Å². The number of anilines is 1. The Bertz CT molecular complexity index is 499. The summed E-state index contributed by atoms with van der Waals surface area (Å²) in [6.07, 6.45) is 4.93. The average molecular weight is 247 g/mol. The van der Waals surface area contributed by atoms with Crippen LogP contribution in [0.1, 0.15) is 24.5 Å². The molecule has 0 bridgehead atoms. The molecular formula is C14H18FN3. The van der Waals surface area contributed by atoms with Gasteiger partial charge in [-0.3, -0.25) is 4.68 Å². The molecule has 18 heavy (non-hydrogen) atoms. The molecule has 0 fully saturated rings. The number of nitrogens with zero attached hydrogens (tertiary/aromatic N) is 2. The molecule has 0 aliphatic heterocycles. The van der Waals surface area contributed by atoms with E-state index in [1.165, 1.54) is 12.1 Å². The Morgan fingerprint density at radius 3 is 2.89 bits per heavy atom. The third-order valence-corrected chi connectivity index (χ3v) is 2.68. The highest BCUT2D eigenvalue weighted by molar-refractivity contribution is 5.46. The van der Waals surface area contributed by atoms with Gasteiger partial charge in [0.1, 0.15) is 5.82 Å². The lowest BCUT2D eigenvalue weighted by molar-refractivity contribution is 0.602. The molecule has 2 rings (SSSR count). The molecule has 0 amide bonds. The molecule has 1 aromatic heterocycles. The van der Waals surface area contributed by atoms with E-state index in [9.17, 15) is 4.39 Å². The molecule has 96 valence electrons. The molecule has 0 atom stereocenters. The SMILES string of the molecule is CCCn1cc(CNc2cc(C)cc(F)c2)cn1. The monoisotopic (exact) mass is 247 g/mol. The maximum atomic E-state index is 13.2. The lowest BCUT2D eigenvalue weighted by Gasteiger charge is -2.06. The van der Waals surface area contributed by atoms with Gasteiger partial charge in [-0.1, -0.05) is 6.92 Å². The van der Waals surface area contributed by atoms with Crippen molar-refractivity contribution >= 4 is 5.69 Å². The second kappa shape index (κ2) is 5.67. The molecule has 4 heteroatoms. The number of aryl methyl sites for hydroxylation is 2. The zero-order chi connectivity index (χ0) is 13.0. The van der Waals surface area contributed by atoms with E-state index in [4.69, 9.17) is 0 Å². The number of nitrogens with one attached hydrogen (secondary N) is 1. The summed E-state index contributed by atoms with van der Waals surface area (Å²) in [5.41, 5.74) is 2.82. The summed E-state index contributed by atoms with van der Waals surface area (Å²) in [5, 5.41) is 7.46. The number of benzene rings is 1. The second-order valence-corrected chi connectivity index (χ2v) is 4.48. The average Bonchev–Trinajstić information content (AvgIpc) is 2.74. The maximum absolute atomic E-state index is 13.2. The minimum atomic E-state index is -0.209. The van der Waals surface area contributed by atoms with E-state index in [1.54, 1.807) is 0 Å². The Labute approximate surface area is 107 Å². The number of rotatable bonds is 5. The first-order chi connectivity index (χ1) is 8.67. The van der Waals surface area contributed by atoms with E-state index in [1.807, 2.05) is 30.1 Å². The number of hydrogen-bond acceptors (Lipinski definition) is 2. The Kier molecular flexibility index (Phi) is 3.97. The maximum Gasteiger partial charge on any atom is 0.125 e. The Balaban J connectivity index is 1.97. The predicted octanol–water partition coefficient (Wildman–Crippen LogP) is 3.35. The molecule has 0 saturated carbocycles. The minimum Gasteiger partial charge on any atom is -0.381 e. The van der Waals surface area contributed by atoms with Crippen molar-refractivity contribution in [1.82, 2.24) is 9.78 Å². The predicted molar refractivity (Wildman–Crippen MR) is 71.0 cm³/mol. The topological polar surface area (TPSA) is 29.9 Å². The number of hydrogen-bond donors (Lipinski definition) is 1. The van der Waals surface area contributed by atoms with Crippen LogP contribution in [0.5, 0.6) is 0 Å². The molecule has 0 aliphatic rings. The Morgan fingerprint density at radius 1 is 1.33 bits per heavy atom. The highest BCUT2D eigenvalue weighted by Gasteiger charge is 2.00. The normalized spacial score (nSPS) is 10.6. The van der Waals surface area contributed by atoms with Crippen LogP contribution in [-0.2, 0) is 13.1 Å². The van der Waals surface area contributed by atoms with Crippen LogP contribution < -0.4 is 5.32 Å². The summed E-state index contributed by atoms with van der Waals surface area (Å²) >= 11 is 0. The van der Waals surface area contributed by atoms with Crippen LogP contribution in [0, 0.1) is 12.7 Å². The van der Waals surface area contributed by atoms with E-state index in [-0.39, 0.29) is 5.82 Å². The summed E-state index contributed by atoms with van der Waals surface area (Å²) in [6, 6.07) is 4.95. The van der Waals surface area contributed by atoms with Gasteiger partial charge in [-0.25, -0.2) is 4.39 Å². The van der Waals surface area contributed by atoms with Crippen LogP contribution in [0.3, 0.4) is 0 Å². The first kappa shape index (κ1) is 12.6. The summed E-state index contributed by atoms with van der Waals surface area (Å²) in [6.45, 7) is 5.59. The fraction of sp³-hybridized carbons (Fsp3) is 0.357. The molecule has 3 nitrogen and oxygen atoms in total. The summed E-state index contributed by atoms with van der Waals surface area (Å²) in [5.74, 6) is -0.209. The lowest BCUT2D eigenvalue weighted by atomic mass is 10.2. The van der Waals surface area contributed by atoms with Gasteiger partial charge in [-0.05, 0) is 37.1 Å². The largest absolute Gasteiger partial charge is 0.381 e. The zero-order valence-corrected chi connectivity index (χ0v) is 10.8. The van der Waals surface area contributed by atoms with Crippen molar-refractivity contribution in [1.29, 1.82) is 0 Å². The molecule has 1 N–H and O–H groups in total. The van der Waals surface area contributed by atoms with Crippen molar-refractivity contribution in [2.75, 3.05) is 5.32 Å². The van der Waals surface area contributed by atoms with Gasteiger partial charge in [0.2, 0.25) is 0 Å². The van der Waals surface area contributed by atoms with Crippen LogP contribution in [0.4, 0.5) is 10.1 Å². The molecule has 2 aromatic rings. The van der Waals surface area contributed by atoms with E-state index in [0.717, 1.165) is 29.8 Å². The quantitative estimate of drug-likeness (QED) is 0.878. The third kappa shape index (κ3) is 3.32. The summed E-state index contributed by atoms with van der Waals surface area (Å²) < 4.78 is 15.1. The molecule has 1 aromatic carbocycles. The Morgan fingerprint density at radius 2 is 2.17 bits per heavy atom. The van der Waals surface area contributed by atoms with Gasteiger partial charge in [-0.2, -0.15) is 5.10 Å². The van der Waals surface area contributed by atoms with E-state index in [0.29, 0.717) is 6.54 Å². The van der Waals surface area contributed by atoms with E-state index >= 15 is 0 Å². The van der Waals surface area contributed by atoms with Crippen LogP contribution in [0.25, 0.3) is 0 Å². The van der Waals surface area contributed by atoms with Gasteiger partial charge in [0, 0.05) is 30.5 Å². The van der Waals surface area contributed by atoms with Gasteiger partial charge in [0.05, 0.1) is 6.20 Å². The van der Waals surface area contributed by atoms with Crippen molar-refractivity contribution in [3.63, 3.8) is 0 Å². The van der Waals surface area contributed by atoms with Gasteiger partial charge >= 0.3 is 0 Å². The van der Waals surface area contributed by atoms with E-state index in [2.05, 4.69) is 17.3 Å². The van der Waals surface area contributed by atoms with Crippen LogP contribution in [0.15, 0.2) is 30.6 Å². The highest BCUT2D eigenvalue weighted by Crippen LogP contribution is 2.14. The summed E-state index contributed by atoms with van der Waals surface area (Å²) in [4.78, 5) is 0. The smallest absolute Gasteiger partial charge is 0.125 e. The molecular weight excluding hydrogens is 229 g/mol. The van der Waals surface area contributed by atoms with Crippen LogP contribution in [0.2, 0.25) is 0 Å². The molecule has 0 aliphatic carbocycles. The van der Waals surface area contributed by atoms with Crippen LogP contribution >= 0.6 is 0 Å². The fourth-order valence-electron chi connectivity index (χ4n) is 1.89. The second-order valence-electron chi connectivity index (χ2n) is 4.48. The lowest BCUT2D eigenvalue weighted by Crippen LogP contribution is -2.00. The third-order valence-electron chi connectivity index (χ3n) is 2.68. The highest BCUT2D eigenvalue weighted by atomic mass is 19.1. The van der Waals surface area contributed by atoms with Crippen molar-refractivity contribution in [3.8, 4) is 0 Å². The molecule has 0 radical (unpaired) electrons. The standard InChI is InChI=1S/C14H18FN3/c1-3-4-18-10-12(9-17-18)8-16-14-6-11(2)5-13(15)7-14/h5-7,9-10,16H,3-4,8H2,1-2H3. The van der Waals surface area contributed by atoms with Gasteiger partial charge < -0.3 is 5.32 Å².